The minimum absolute atomic E-state index is 0. The lowest BCUT2D eigenvalue weighted by atomic mass is 9.76. The summed E-state index contributed by atoms with van der Waals surface area (Å²) >= 11 is 0. The summed E-state index contributed by atoms with van der Waals surface area (Å²) in [5.41, 5.74) is 1.86. The molecule has 0 aliphatic heterocycles. The molecule has 1 aliphatic rings. The van der Waals surface area contributed by atoms with E-state index in [-0.39, 0.29) is 23.6 Å². The van der Waals surface area contributed by atoms with Crippen molar-refractivity contribution in [3.05, 3.63) is 29.6 Å². The number of fused-ring (bicyclic) bond motifs is 1. The van der Waals surface area contributed by atoms with Crippen LogP contribution in [-0.2, 0) is 6.42 Å². The van der Waals surface area contributed by atoms with Crippen molar-refractivity contribution in [1.82, 2.24) is 4.98 Å². The van der Waals surface area contributed by atoms with E-state index in [9.17, 15) is 4.79 Å². The number of hydrogen-bond acceptors (Lipinski definition) is 2. The molecule has 2 rings (SSSR count). The zero-order valence-electron chi connectivity index (χ0n) is 8.41. The highest BCUT2D eigenvalue weighted by Gasteiger charge is 2.31. The second kappa shape index (κ2) is 3.70. The van der Waals surface area contributed by atoms with Crippen molar-refractivity contribution in [3.8, 4) is 0 Å². The summed E-state index contributed by atoms with van der Waals surface area (Å²) in [6.07, 6.45) is 3.31. The summed E-state index contributed by atoms with van der Waals surface area (Å²) in [4.78, 5) is 15.9. The highest BCUT2D eigenvalue weighted by atomic mass is 35.5. The molecule has 0 bridgehead atoms. The van der Waals surface area contributed by atoms with Crippen LogP contribution in [0.3, 0.4) is 0 Å². The molecular formula is C11H14ClNO. The summed E-state index contributed by atoms with van der Waals surface area (Å²) in [6.45, 7) is 4.23. The molecule has 0 N–H and O–H groups in total. The van der Waals surface area contributed by atoms with E-state index in [1.54, 1.807) is 6.20 Å². The third kappa shape index (κ3) is 1.95. The number of pyridine rings is 1. The Morgan fingerprint density at radius 1 is 1.36 bits per heavy atom. The fourth-order valence-electron chi connectivity index (χ4n) is 1.88. The Bertz CT molecular complexity index is 360. The second-order valence-electron chi connectivity index (χ2n) is 4.44. The summed E-state index contributed by atoms with van der Waals surface area (Å²) in [7, 11) is 0. The quantitative estimate of drug-likeness (QED) is 0.661. The van der Waals surface area contributed by atoms with Crippen molar-refractivity contribution in [2.75, 3.05) is 0 Å². The molecule has 0 aromatic carbocycles. The van der Waals surface area contributed by atoms with Crippen molar-refractivity contribution in [3.63, 3.8) is 0 Å². The van der Waals surface area contributed by atoms with Gasteiger partial charge in [0.15, 0.2) is 5.78 Å². The van der Waals surface area contributed by atoms with Crippen molar-refractivity contribution >= 4 is 18.2 Å². The minimum atomic E-state index is 0. The Morgan fingerprint density at radius 2 is 2.07 bits per heavy atom. The summed E-state index contributed by atoms with van der Waals surface area (Å²) < 4.78 is 0. The molecule has 76 valence electrons. The van der Waals surface area contributed by atoms with Gasteiger partial charge in [0, 0.05) is 18.2 Å². The van der Waals surface area contributed by atoms with Crippen LogP contribution in [0.4, 0.5) is 0 Å². The van der Waals surface area contributed by atoms with Gasteiger partial charge in [-0.3, -0.25) is 9.78 Å². The monoisotopic (exact) mass is 211 g/mol. The van der Waals surface area contributed by atoms with Gasteiger partial charge in [0.1, 0.15) is 0 Å². The Morgan fingerprint density at radius 3 is 2.79 bits per heavy atom. The zero-order chi connectivity index (χ0) is 9.47. The van der Waals surface area contributed by atoms with Gasteiger partial charge in [0.2, 0.25) is 0 Å². The van der Waals surface area contributed by atoms with Gasteiger partial charge in [-0.2, -0.15) is 0 Å². The lowest BCUT2D eigenvalue weighted by Crippen LogP contribution is -2.27. The molecular weight excluding hydrogens is 198 g/mol. The van der Waals surface area contributed by atoms with Crippen LogP contribution in [0.2, 0.25) is 0 Å². The van der Waals surface area contributed by atoms with E-state index < -0.39 is 0 Å². The molecule has 0 radical (unpaired) electrons. The number of carbonyl (C=O) groups is 1. The molecule has 1 aromatic heterocycles. The summed E-state index contributed by atoms with van der Waals surface area (Å²) in [5, 5.41) is 0. The summed E-state index contributed by atoms with van der Waals surface area (Å²) in [5.74, 6) is 0.236. The molecule has 14 heavy (non-hydrogen) atoms. The first-order valence-electron chi connectivity index (χ1n) is 4.56. The minimum Gasteiger partial charge on any atom is -0.294 e. The standard InChI is InChI=1S/C11H13NO.ClH/c1-11(2)6-9-8(10(13)7-11)4-3-5-12-9;/h3-5H,6-7H2,1-2H3;1H. The van der Waals surface area contributed by atoms with Crippen LogP contribution in [0.1, 0.15) is 36.3 Å². The van der Waals surface area contributed by atoms with Crippen LogP contribution >= 0.6 is 12.4 Å². The zero-order valence-corrected chi connectivity index (χ0v) is 9.23. The largest absolute Gasteiger partial charge is 0.294 e. The first-order valence-corrected chi connectivity index (χ1v) is 4.56. The van der Waals surface area contributed by atoms with Crippen molar-refractivity contribution in [2.24, 2.45) is 5.41 Å². The van der Waals surface area contributed by atoms with Crippen LogP contribution < -0.4 is 0 Å². The van der Waals surface area contributed by atoms with E-state index >= 15 is 0 Å². The Kier molecular flexibility index (Phi) is 2.95. The molecule has 0 saturated carbocycles. The number of rotatable bonds is 0. The Balaban J connectivity index is 0.000000980. The number of ketones is 1. The SMILES string of the molecule is CC1(C)CC(=O)c2cccnc2C1.Cl. The van der Waals surface area contributed by atoms with Gasteiger partial charge in [-0.05, 0) is 24.0 Å². The van der Waals surface area contributed by atoms with E-state index in [1.165, 1.54) is 0 Å². The average Bonchev–Trinajstić information content (AvgIpc) is 2.02. The van der Waals surface area contributed by atoms with Gasteiger partial charge in [-0.15, -0.1) is 12.4 Å². The lowest BCUT2D eigenvalue weighted by molar-refractivity contribution is 0.0910. The first kappa shape index (κ1) is 11.2. The van der Waals surface area contributed by atoms with Crippen LogP contribution in [0.25, 0.3) is 0 Å². The second-order valence-corrected chi connectivity index (χ2v) is 4.44. The van der Waals surface area contributed by atoms with Crippen molar-refractivity contribution in [1.29, 1.82) is 0 Å². The fourth-order valence-corrected chi connectivity index (χ4v) is 1.88. The topological polar surface area (TPSA) is 30.0 Å². The van der Waals surface area contributed by atoms with E-state index in [0.29, 0.717) is 6.42 Å². The van der Waals surface area contributed by atoms with Crippen LogP contribution in [0.5, 0.6) is 0 Å². The molecule has 0 saturated heterocycles. The van der Waals surface area contributed by atoms with Crippen LogP contribution in [0, 0.1) is 5.41 Å². The predicted octanol–water partition coefficient (Wildman–Crippen LogP) is 2.66. The van der Waals surface area contributed by atoms with E-state index in [1.807, 2.05) is 12.1 Å². The molecule has 1 aliphatic carbocycles. The normalized spacial score (nSPS) is 18.3. The maximum atomic E-state index is 11.7. The van der Waals surface area contributed by atoms with Gasteiger partial charge >= 0.3 is 0 Å². The lowest BCUT2D eigenvalue weighted by Gasteiger charge is -2.28. The maximum Gasteiger partial charge on any atom is 0.165 e. The number of hydrogen-bond donors (Lipinski definition) is 0. The van der Waals surface area contributed by atoms with Gasteiger partial charge < -0.3 is 0 Å². The number of aromatic nitrogens is 1. The van der Waals surface area contributed by atoms with Gasteiger partial charge in [-0.1, -0.05) is 13.8 Å². The van der Waals surface area contributed by atoms with E-state index in [2.05, 4.69) is 18.8 Å². The van der Waals surface area contributed by atoms with Gasteiger partial charge in [0.05, 0.1) is 5.69 Å². The highest BCUT2D eigenvalue weighted by Crippen LogP contribution is 2.33. The molecule has 0 spiro atoms. The average molecular weight is 212 g/mol. The Labute approximate surface area is 90.1 Å². The van der Waals surface area contributed by atoms with Crippen molar-refractivity contribution < 1.29 is 4.79 Å². The molecule has 0 unspecified atom stereocenters. The van der Waals surface area contributed by atoms with Gasteiger partial charge in [0.25, 0.3) is 0 Å². The van der Waals surface area contributed by atoms with E-state index in [0.717, 1.165) is 17.7 Å². The van der Waals surface area contributed by atoms with Crippen LogP contribution in [0.15, 0.2) is 18.3 Å². The fraction of sp³-hybridized carbons (Fsp3) is 0.455. The molecule has 3 heteroatoms. The third-order valence-corrected chi connectivity index (χ3v) is 2.48. The van der Waals surface area contributed by atoms with Gasteiger partial charge in [-0.25, -0.2) is 0 Å². The summed E-state index contributed by atoms with van der Waals surface area (Å²) in [6, 6.07) is 3.70. The highest BCUT2D eigenvalue weighted by molar-refractivity contribution is 5.98. The number of carbonyl (C=O) groups excluding carboxylic acids is 1. The molecule has 2 nitrogen and oxygen atoms in total. The first-order chi connectivity index (χ1) is 6.08. The smallest absolute Gasteiger partial charge is 0.165 e. The number of Topliss-reactive ketones (excluding diaryl/α,β-unsaturated/α-hetero) is 1. The molecule has 1 heterocycles. The molecule has 1 aromatic rings. The van der Waals surface area contributed by atoms with E-state index in [4.69, 9.17) is 0 Å². The number of halogens is 1. The maximum absolute atomic E-state index is 11.7. The molecule has 0 amide bonds. The van der Waals surface area contributed by atoms with Crippen LogP contribution in [-0.4, -0.2) is 10.8 Å². The number of nitrogens with zero attached hydrogens (tertiary/aromatic N) is 1. The van der Waals surface area contributed by atoms with Crippen molar-refractivity contribution in [2.45, 2.75) is 26.7 Å². The third-order valence-electron chi connectivity index (χ3n) is 2.48. The molecule has 0 fully saturated rings. The molecule has 0 atom stereocenters. The Hall–Kier alpha value is -0.890. The predicted molar refractivity (Wildman–Crippen MR) is 57.9 cm³/mol.